The number of rotatable bonds is 3. The molecule has 0 aliphatic rings. The first-order chi connectivity index (χ1) is 9.06. The highest BCUT2D eigenvalue weighted by atomic mass is 16.3. The zero-order valence-corrected chi connectivity index (χ0v) is 10.9. The lowest BCUT2D eigenvalue weighted by atomic mass is 9.86. The molecule has 0 spiro atoms. The van der Waals surface area contributed by atoms with Gasteiger partial charge in [0.2, 0.25) is 0 Å². The molecule has 0 saturated carbocycles. The number of hydrogen-bond acceptors (Lipinski definition) is 3. The largest absolute Gasteiger partial charge is 0.508 e. The van der Waals surface area contributed by atoms with E-state index in [4.69, 9.17) is 0 Å². The molecule has 2 aromatic rings. The Morgan fingerprint density at radius 3 is 1.63 bits per heavy atom. The number of aromatic hydroxyl groups is 2. The monoisotopic (exact) mass is 256 g/mol. The second kappa shape index (κ2) is 5.14. The molecule has 0 radical (unpaired) electrons. The molecule has 0 aliphatic heterocycles. The molecule has 0 amide bonds. The smallest absolute Gasteiger partial charge is 0.132 e. The van der Waals surface area contributed by atoms with E-state index >= 15 is 0 Å². The van der Waals surface area contributed by atoms with E-state index in [1.165, 1.54) is 0 Å². The van der Waals surface area contributed by atoms with E-state index < -0.39 is 5.92 Å². The highest BCUT2D eigenvalue weighted by molar-refractivity contribution is 5.74. The van der Waals surface area contributed by atoms with Crippen molar-refractivity contribution in [1.82, 2.24) is 0 Å². The van der Waals surface area contributed by atoms with Gasteiger partial charge in [-0.3, -0.25) is 0 Å². The molecule has 19 heavy (non-hydrogen) atoms. The van der Waals surface area contributed by atoms with E-state index in [1.807, 2.05) is 26.0 Å². The van der Waals surface area contributed by atoms with Crippen LogP contribution >= 0.6 is 0 Å². The summed E-state index contributed by atoms with van der Waals surface area (Å²) < 4.78 is 0. The van der Waals surface area contributed by atoms with Crippen LogP contribution < -0.4 is 0 Å². The van der Waals surface area contributed by atoms with E-state index in [9.17, 15) is 15.0 Å². The molecule has 0 bridgehead atoms. The minimum atomic E-state index is -0.664. The second-order valence-electron chi connectivity index (χ2n) is 4.63. The van der Waals surface area contributed by atoms with Crippen LogP contribution in [0.2, 0.25) is 0 Å². The molecule has 2 rings (SSSR count). The van der Waals surface area contributed by atoms with E-state index in [0.717, 1.165) is 17.4 Å². The van der Waals surface area contributed by atoms with Crippen molar-refractivity contribution in [3.05, 3.63) is 58.7 Å². The summed E-state index contributed by atoms with van der Waals surface area (Å²) in [5, 5.41) is 20.0. The van der Waals surface area contributed by atoms with Crippen molar-refractivity contribution < 1.29 is 15.0 Å². The van der Waals surface area contributed by atoms with E-state index in [-0.39, 0.29) is 11.5 Å². The predicted molar refractivity (Wildman–Crippen MR) is 73.6 cm³/mol. The Hall–Kier alpha value is -2.29. The van der Waals surface area contributed by atoms with Gasteiger partial charge in [-0.15, -0.1) is 0 Å². The Balaban J connectivity index is 2.67. The lowest BCUT2D eigenvalue weighted by molar-refractivity contribution is -0.108. The van der Waals surface area contributed by atoms with Gasteiger partial charge in [0.05, 0.1) is 5.92 Å². The van der Waals surface area contributed by atoms with Crippen molar-refractivity contribution in [3.63, 3.8) is 0 Å². The molecular weight excluding hydrogens is 240 g/mol. The fraction of sp³-hybridized carbons (Fsp3) is 0.188. The maximum Gasteiger partial charge on any atom is 0.132 e. The molecule has 0 saturated heterocycles. The fourth-order valence-electron chi connectivity index (χ4n) is 2.42. The Labute approximate surface area is 112 Å². The standard InChI is InChI=1S/C16H16O3/c1-10-5-3-7-13(18)15(10)12(9-17)16-11(2)6-4-8-14(16)19/h3-9,12,18-19H,1-2H3. The minimum absolute atomic E-state index is 0.0692. The van der Waals surface area contributed by atoms with Crippen molar-refractivity contribution >= 4 is 6.29 Å². The van der Waals surface area contributed by atoms with Gasteiger partial charge in [-0.2, -0.15) is 0 Å². The molecule has 0 aromatic heterocycles. The zero-order valence-electron chi connectivity index (χ0n) is 10.9. The summed E-state index contributed by atoms with van der Waals surface area (Å²) in [5.41, 5.74) is 2.73. The van der Waals surface area contributed by atoms with Gasteiger partial charge in [-0.25, -0.2) is 0 Å². The zero-order chi connectivity index (χ0) is 14.0. The van der Waals surface area contributed by atoms with Crippen molar-refractivity contribution in [2.45, 2.75) is 19.8 Å². The Morgan fingerprint density at radius 1 is 0.895 bits per heavy atom. The molecule has 0 atom stereocenters. The van der Waals surface area contributed by atoms with Gasteiger partial charge >= 0.3 is 0 Å². The van der Waals surface area contributed by atoms with E-state index in [0.29, 0.717) is 11.1 Å². The number of phenolic OH excluding ortho intramolecular Hbond substituents is 2. The van der Waals surface area contributed by atoms with Crippen LogP contribution in [-0.4, -0.2) is 16.5 Å². The third-order valence-corrected chi connectivity index (χ3v) is 3.36. The van der Waals surface area contributed by atoms with Gasteiger partial charge in [0, 0.05) is 11.1 Å². The van der Waals surface area contributed by atoms with E-state index in [2.05, 4.69) is 0 Å². The molecule has 0 aliphatic carbocycles. The SMILES string of the molecule is Cc1cccc(O)c1C(C=O)c1c(C)cccc1O. The topological polar surface area (TPSA) is 57.5 Å². The molecule has 2 N–H and O–H groups in total. The molecule has 3 heteroatoms. The molecular formula is C16H16O3. The van der Waals surface area contributed by atoms with Crippen LogP contribution in [0.3, 0.4) is 0 Å². The summed E-state index contributed by atoms with van der Waals surface area (Å²) in [7, 11) is 0. The third kappa shape index (κ3) is 2.32. The summed E-state index contributed by atoms with van der Waals surface area (Å²) in [6.45, 7) is 3.67. The van der Waals surface area contributed by atoms with Crippen LogP contribution in [0.15, 0.2) is 36.4 Å². The summed E-state index contributed by atoms with van der Waals surface area (Å²) in [5.74, 6) is -0.526. The normalized spacial score (nSPS) is 10.7. The number of benzene rings is 2. The van der Waals surface area contributed by atoms with Crippen LogP contribution in [0.25, 0.3) is 0 Å². The van der Waals surface area contributed by atoms with Crippen LogP contribution in [0.4, 0.5) is 0 Å². The van der Waals surface area contributed by atoms with Crippen LogP contribution in [0.5, 0.6) is 11.5 Å². The number of hydrogen-bond donors (Lipinski definition) is 2. The number of carbonyl (C=O) groups is 1. The Kier molecular flexibility index (Phi) is 3.56. The van der Waals surface area contributed by atoms with Crippen molar-refractivity contribution in [2.75, 3.05) is 0 Å². The number of aryl methyl sites for hydroxylation is 2. The van der Waals surface area contributed by atoms with Gasteiger partial charge in [0.1, 0.15) is 17.8 Å². The maximum atomic E-state index is 11.5. The molecule has 2 aromatic carbocycles. The molecule has 98 valence electrons. The first-order valence-electron chi connectivity index (χ1n) is 6.08. The molecule has 0 fully saturated rings. The first kappa shape index (κ1) is 13.1. The van der Waals surface area contributed by atoms with Crippen molar-refractivity contribution in [2.24, 2.45) is 0 Å². The van der Waals surface area contributed by atoms with Gasteiger partial charge in [0.15, 0.2) is 0 Å². The summed E-state index contributed by atoms with van der Waals surface area (Å²) in [6.07, 6.45) is 0.754. The lowest BCUT2D eigenvalue weighted by Crippen LogP contribution is -2.07. The van der Waals surface area contributed by atoms with Crippen molar-refractivity contribution in [3.8, 4) is 11.5 Å². The molecule has 0 heterocycles. The second-order valence-corrected chi connectivity index (χ2v) is 4.63. The summed E-state index contributed by atoms with van der Waals surface area (Å²) in [6, 6.07) is 10.2. The molecule has 0 unspecified atom stereocenters. The predicted octanol–water partition coefficient (Wildman–Crippen LogP) is 3.05. The fourth-order valence-corrected chi connectivity index (χ4v) is 2.42. The van der Waals surface area contributed by atoms with Crippen LogP contribution in [0, 0.1) is 13.8 Å². The maximum absolute atomic E-state index is 11.5. The lowest BCUT2D eigenvalue weighted by Gasteiger charge is -2.18. The number of phenols is 2. The van der Waals surface area contributed by atoms with Gasteiger partial charge in [0.25, 0.3) is 0 Å². The van der Waals surface area contributed by atoms with Gasteiger partial charge < -0.3 is 15.0 Å². The summed E-state index contributed by atoms with van der Waals surface area (Å²) in [4.78, 5) is 11.5. The average molecular weight is 256 g/mol. The Morgan fingerprint density at radius 2 is 1.32 bits per heavy atom. The van der Waals surface area contributed by atoms with Crippen molar-refractivity contribution in [1.29, 1.82) is 0 Å². The minimum Gasteiger partial charge on any atom is -0.508 e. The Bertz CT molecular complexity index is 525. The van der Waals surface area contributed by atoms with E-state index in [1.54, 1.807) is 24.3 Å². The quantitative estimate of drug-likeness (QED) is 0.830. The average Bonchev–Trinajstić information content (AvgIpc) is 2.36. The third-order valence-electron chi connectivity index (χ3n) is 3.36. The highest BCUT2D eigenvalue weighted by Gasteiger charge is 2.23. The number of carbonyl (C=O) groups excluding carboxylic acids is 1. The van der Waals surface area contributed by atoms with Gasteiger partial charge in [-0.1, -0.05) is 24.3 Å². The first-order valence-corrected chi connectivity index (χ1v) is 6.08. The highest BCUT2D eigenvalue weighted by Crippen LogP contribution is 2.37. The van der Waals surface area contributed by atoms with Crippen LogP contribution in [-0.2, 0) is 4.79 Å². The number of aldehydes is 1. The molecule has 3 nitrogen and oxygen atoms in total. The van der Waals surface area contributed by atoms with Gasteiger partial charge in [-0.05, 0) is 37.1 Å². The summed E-state index contributed by atoms with van der Waals surface area (Å²) >= 11 is 0. The van der Waals surface area contributed by atoms with Crippen LogP contribution in [0.1, 0.15) is 28.2 Å².